The van der Waals surface area contributed by atoms with Crippen molar-refractivity contribution in [3.63, 3.8) is 0 Å². The van der Waals surface area contributed by atoms with E-state index in [9.17, 15) is 0 Å². The molecular weight excluding hydrogens is 362 g/mol. The highest BCUT2D eigenvalue weighted by Gasteiger charge is 2.08. The zero-order valence-electron chi connectivity index (χ0n) is 16.3. The third kappa shape index (κ3) is 4.55. The quantitative estimate of drug-likeness (QED) is 0.527. The fourth-order valence-electron chi connectivity index (χ4n) is 3.02. The number of nitrogens with zero attached hydrogens (tertiary/aromatic N) is 4. The van der Waals surface area contributed by atoms with E-state index in [0.717, 1.165) is 39.5 Å². The number of hydrogen-bond acceptors (Lipinski definition) is 6. The number of aromatic nitrogens is 4. The molecule has 1 aromatic carbocycles. The van der Waals surface area contributed by atoms with Gasteiger partial charge < -0.3 is 10.1 Å². The van der Waals surface area contributed by atoms with Gasteiger partial charge in [-0.2, -0.15) is 0 Å². The summed E-state index contributed by atoms with van der Waals surface area (Å²) < 4.78 is 5.24. The van der Waals surface area contributed by atoms with Gasteiger partial charge in [0.2, 0.25) is 0 Å². The molecule has 144 valence electrons. The normalized spacial score (nSPS) is 10.6. The summed E-state index contributed by atoms with van der Waals surface area (Å²) in [6.45, 7) is 2.56. The first-order valence-corrected chi connectivity index (χ1v) is 9.29. The number of methoxy groups -OCH3 is 1. The predicted molar refractivity (Wildman–Crippen MR) is 114 cm³/mol. The molecule has 0 aliphatic rings. The van der Waals surface area contributed by atoms with Gasteiger partial charge in [-0.1, -0.05) is 12.1 Å². The van der Waals surface area contributed by atoms with Gasteiger partial charge in [0.25, 0.3) is 0 Å². The molecule has 29 heavy (non-hydrogen) atoms. The van der Waals surface area contributed by atoms with Crippen LogP contribution in [0.4, 0.5) is 5.82 Å². The van der Waals surface area contributed by atoms with Crippen molar-refractivity contribution in [2.24, 2.45) is 0 Å². The third-order valence-corrected chi connectivity index (χ3v) is 4.52. The van der Waals surface area contributed by atoms with Crippen LogP contribution in [0.5, 0.6) is 5.75 Å². The SMILES string of the molecule is COc1ccc(-c2cncc(-c3cc(NCc4ccncc4)nc(C)n3)c2)cc1. The molecule has 0 aliphatic heterocycles. The number of rotatable bonds is 6. The van der Waals surface area contributed by atoms with Crippen LogP contribution in [0.1, 0.15) is 11.4 Å². The van der Waals surface area contributed by atoms with E-state index in [1.807, 2.05) is 61.8 Å². The van der Waals surface area contributed by atoms with E-state index in [-0.39, 0.29) is 0 Å². The number of nitrogens with one attached hydrogen (secondary N) is 1. The molecule has 3 aromatic heterocycles. The van der Waals surface area contributed by atoms with Gasteiger partial charge in [0, 0.05) is 48.5 Å². The Morgan fingerprint density at radius 3 is 2.34 bits per heavy atom. The summed E-state index contributed by atoms with van der Waals surface area (Å²) in [4.78, 5) is 17.6. The lowest BCUT2D eigenvalue weighted by Gasteiger charge is -2.10. The molecule has 6 heteroatoms. The fraction of sp³-hybridized carbons (Fsp3) is 0.130. The van der Waals surface area contributed by atoms with Crippen LogP contribution in [-0.4, -0.2) is 27.0 Å². The zero-order chi connectivity index (χ0) is 20.1. The van der Waals surface area contributed by atoms with Gasteiger partial charge in [-0.25, -0.2) is 9.97 Å². The van der Waals surface area contributed by atoms with Crippen LogP contribution in [0.15, 0.2) is 73.3 Å². The number of hydrogen-bond donors (Lipinski definition) is 1. The van der Waals surface area contributed by atoms with Crippen LogP contribution in [0.2, 0.25) is 0 Å². The number of benzene rings is 1. The van der Waals surface area contributed by atoms with Gasteiger partial charge in [0.1, 0.15) is 17.4 Å². The van der Waals surface area contributed by atoms with E-state index in [4.69, 9.17) is 4.74 Å². The summed E-state index contributed by atoms with van der Waals surface area (Å²) in [6.07, 6.45) is 7.23. The van der Waals surface area contributed by atoms with Crippen molar-refractivity contribution in [1.82, 2.24) is 19.9 Å². The molecule has 1 N–H and O–H groups in total. The number of anilines is 1. The van der Waals surface area contributed by atoms with Crippen molar-refractivity contribution in [1.29, 1.82) is 0 Å². The smallest absolute Gasteiger partial charge is 0.130 e. The van der Waals surface area contributed by atoms with Crippen LogP contribution in [0.25, 0.3) is 22.4 Å². The van der Waals surface area contributed by atoms with Crippen molar-refractivity contribution < 1.29 is 4.74 Å². The van der Waals surface area contributed by atoms with Crippen LogP contribution in [-0.2, 0) is 6.54 Å². The maximum Gasteiger partial charge on any atom is 0.130 e. The largest absolute Gasteiger partial charge is 0.497 e. The summed E-state index contributed by atoms with van der Waals surface area (Å²) in [5, 5.41) is 3.36. The van der Waals surface area contributed by atoms with Gasteiger partial charge in [0.05, 0.1) is 12.8 Å². The molecule has 4 aromatic rings. The highest BCUT2D eigenvalue weighted by molar-refractivity contribution is 5.71. The van der Waals surface area contributed by atoms with E-state index < -0.39 is 0 Å². The molecule has 0 saturated heterocycles. The maximum atomic E-state index is 5.24. The summed E-state index contributed by atoms with van der Waals surface area (Å²) >= 11 is 0. The lowest BCUT2D eigenvalue weighted by molar-refractivity contribution is 0.415. The van der Waals surface area contributed by atoms with Crippen LogP contribution in [0.3, 0.4) is 0 Å². The molecule has 6 nitrogen and oxygen atoms in total. The van der Waals surface area contributed by atoms with Crippen LogP contribution < -0.4 is 10.1 Å². The van der Waals surface area contributed by atoms with E-state index >= 15 is 0 Å². The van der Waals surface area contributed by atoms with Crippen molar-refractivity contribution in [3.8, 4) is 28.1 Å². The Labute approximate surface area is 169 Å². The number of ether oxygens (including phenoxy) is 1. The minimum atomic E-state index is 0.669. The van der Waals surface area contributed by atoms with Gasteiger partial charge in [-0.15, -0.1) is 0 Å². The Morgan fingerprint density at radius 1 is 0.828 bits per heavy atom. The molecule has 0 aliphatic carbocycles. The predicted octanol–water partition coefficient (Wildman–Crippen LogP) is 4.53. The Kier molecular flexibility index (Phi) is 5.42. The van der Waals surface area contributed by atoms with Crippen LogP contribution in [0, 0.1) is 6.92 Å². The van der Waals surface area contributed by atoms with E-state index in [1.165, 1.54) is 0 Å². The maximum absolute atomic E-state index is 5.24. The van der Waals surface area contributed by atoms with Gasteiger partial charge in [-0.05, 0) is 48.4 Å². The summed E-state index contributed by atoms with van der Waals surface area (Å²) in [5.74, 6) is 2.31. The number of pyridine rings is 2. The number of aryl methyl sites for hydroxylation is 1. The summed E-state index contributed by atoms with van der Waals surface area (Å²) in [7, 11) is 1.66. The first-order chi connectivity index (χ1) is 14.2. The second-order valence-electron chi connectivity index (χ2n) is 6.59. The highest BCUT2D eigenvalue weighted by atomic mass is 16.5. The Hall–Kier alpha value is -3.80. The monoisotopic (exact) mass is 383 g/mol. The molecule has 0 unspecified atom stereocenters. The molecule has 0 spiro atoms. The Balaban J connectivity index is 1.60. The standard InChI is InChI=1S/C23H21N5O/c1-16-27-22(12-23(28-16)26-13-17-7-9-24-10-8-17)20-11-19(14-25-15-20)18-3-5-21(29-2)6-4-18/h3-12,14-15H,13H2,1-2H3,(H,26,27,28). The second kappa shape index (κ2) is 8.48. The van der Waals surface area contributed by atoms with Gasteiger partial charge >= 0.3 is 0 Å². The minimum absolute atomic E-state index is 0.669. The van der Waals surface area contributed by atoms with Gasteiger partial charge in [0.15, 0.2) is 0 Å². The lowest BCUT2D eigenvalue weighted by Crippen LogP contribution is -2.04. The van der Waals surface area contributed by atoms with E-state index in [2.05, 4.69) is 31.3 Å². The van der Waals surface area contributed by atoms with Crippen molar-refractivity contribution in [2.45, 2.75) is 13.5 Å². The topological polar surface area (TPSA) is 72.8 Å². The average molecular weight is 383 g/mol. The average Bonchev–Trinajstić information content (AvgIpc) is 2.78. The molecule has 0 bridgehead atoms. The van der Waals surface area contributed by atoms with Crippen molar-refractivity contribution in [3.05, 3.63) is 84.7 Å². The van der Waals surface area contributed by atoms with Crippen LogP contribution >= 0.6 is 0 Å². The van der Waals surface area contributed by atoms with Crippen molar-refractivity contribution in [2.75, 3.05) is 12.4 Å². The molecule has 0 radical (unpaired) electrons. The van der Waals surface area contributed by atoms with E-state index in [0.29, 0.717) is 12.4 Å². The summed E-state index contributed by atoms with van der Waals surface area (Å²) in [6, 6.07) is 15.9. The molecule has 0 saturated carbocycles. The lowest BCUT2D eigenvalue weighted by atomic mass is 10.0. The molecule has 3 heterocycles. The summed E-state index contributed by atoms with van der Waals surface area (Å²) in [5.41, 5.74) is 5.00. The molecule has 0 atom stereocenters. The first kappa shape index (κ1) is 18.6. The highest BCUT2D eigenvalue weighted by Crippen LogP contribution is 2.27. The van der Waals surface area contributed by atoms with E-state index in [1.54, 1.807) is 19.5 Å². The first-order valence-electron chi connectivity index (χ1n) is 9.29. The fourth-order valence-corrected chi connectivity index (χ4v) is 3.02. The third-order valence-electron chi connectivity index (χ3n) is 4.52. The Morgan fingerprint density at radius 2 is 1.59 bits per heavy atom. The molecule has 0 amide bonds. The zero-order valence-corrected chi connectivity index (χ0v) is 16.3. The molecule has 0 fully saturated rings. The van der Waals surface area contributed by atoms with Gasteiger partial charge in [-0.3, -0.25) is 9.97 Å². The minimum Gasteiger partial charge on any atom is -0.497 e. The Bertz CT molecular complexity index is 1100. The second-order valence-corrected chi connectivity index (χ2v) is 6.59. The molecule has 4 rings (SSSR count). The van der Waals surface area contributed by atoms with Crippen molar-refractivity contribution >= 4 is 5.82 Å². The molecular formula is C23H21N5O.